The van der Waals surface area contributed by atoms with Gasteiger partial charge in [-0.1, -0.05) is 18.5 Å². The Kier molecular flexibility index (Phi) is 4.24. The smallest absolute Gasteiger partial charge is 0.179 e. The standard InChI is InChI=1S/C11H15ClO3/c1-4-9(13)7-5-8(12)11(15-3)10(6-7)14-2/h5-6,9,13H,4H2,1-3H3. The molecule has 0 fully saturated rings. The molecule has 1 rings (SSSR count). The summed E-state index contributed by atoms with van der Waals surface area (Å²) in [6.07, 6.45) is 0.105. The van der Waals surface area contributed by atoms with E-state index in [2.05, 4.69) is 0 Å². The minimum Gasteiger partial charge on any atom is -0.493 e. The van der Waals surface area contributed by atoms with Gasteiger partial charge in [0.1, 0.15) is 0 Å². The first-order valence-electron chi connectivity index (χ1n) is 4.73. The van der Waals surface area contributed by atoms with Crippen molar-refractivity contribution in [2.24, 2.45) is 0 Å². The first-order chi connectivity index (χ1) is 7.13. The van der Waals surface area contributed by atoms with E-state index in [9.17, 15) is 5.11 Å². The van der Waals surface area contributed by atoms with Crippen LogP contribution in [0.2, 0.25) is 5.02 Å². The van der Waals surface area contributed by atoms with Gasteiger partial charge in [0.05, 0.1) is 25.3 Å². The molecule has 0 aliphatic rings. The van der Waals surface area contributed by atoms with E-state index < -0.39 is 6.10 Å². The number of hydrogen-bond donors (Lipinski definition) is 1. The van der Waals surface area contributed by atoms with E-state index in [1.807, 2.05) is 6.92 Å². The lowest BCUT2D eigenvalue weighted by Gasteiger charge is -2.14. The number of methoxy groups -OCH3 is 2. The van der Waals surface area contributed by atoms with Crippen molar-refractivity contribution < 1.29 is 14.6 Å². The van der Waals surface area contributed by atoms with Gasteiger partial charge < -0.3 is 14.6 Å². The van der Waals surface area contributed by atoms with E-state index in [4.69, 9.17) is 21.1 Å². The molecule has 15 heavy (non-hydrogen) atoms. The Morgan fingerprint density at radius 1 is 1.33 bits per heavy atom. The van der Waals surface area contributed by atoms with Gasteiger partial charge in [-0.3, -0.25) is 0 Å². The van der Waals surface area contributed by atoms with Crippen molar-refractivity contribution in [3.05, 3.63) is 22.7 Å². The monoisotopic (exact) mass is 230 g/mol. The Labute approximate surface area is 94.6 Å². The predicted molar refractivity (Wildman–Crippen MR) is 59.8 cm³/mol. The maximum atomic E-state index is 9.68. The third-order valence-corrected chi connectivity index (χ3v) is 2.51. The van der Waals surface area contributed by atoms with Crippen LogP contribution in [0.4, 0.5) is 0 Å². The molecule has 1 N–H and O–H groups in total. The molecule has 1 aromatic carbocycles. The molecule has 1 unspecified atom stereocenters. The van der Waals surface area contributed by atoms with Crippen LogP contribution in [-0.4, -0.2) is 19.3 Å². The quantitative estimate of drug-likeness (QED) is 0.865. The van der Waals surface area contributed by atoms with Crippen molar-refractivity contribution in [3.8, 4) is 11.5 Å². The molecule has 4 heteroatoms. The van der Waals surface area contributed by atoms with Gasteiger partial charge in [0, 0.05) is 0 Å². The molecule has 1 aromatic rings. The topological polar surface area (TPSA) is 38.7 Å². The number of rotatable bonds is 4. The number of aliphatic hydroxyl groups excluding tert-OH is 1. The molecule has 3 nitrogen and oxygen atoms in total. The molecule has 84 valence electrons. The highest BCUT2D eigenvalue weighted by Gasteiger charge is 2.14. The Morgan fingerprint density at radius 2 is 2.00 bits per heavy atom. The number of hydrogen-bond acceptors (Lipinski definition) is 3. The maximum absolute atomic E-state index is 9.68. The van der Waals surface area contributed by atoms with E-state index in [1.165, 1.54) is 14.2 Å². The molecule has 0 saturated heterocycles. The van der Waals surface area contributed by atoms with E-state index in [-0.39, 0.29) is 0 Å². The summed E-state index contributed by atoms with van der Waals surface area (Å²) in [6.45, 7) is 1.90. The van der Waals surface area contributed by atoms with E-state index in [0.29, 0.717) is 22.9 Å². The van der Waals surface area contributed by atoms with Crippen LogP contribution in [-0.2, 0) is 0 Å². The Hall–Kier alpha value is -0.930. The predicted octanol–water partition coefficient (Wildman–Crippen LogP) is 2.80. The van der Waals surface area contributed by atoms with Gasteiger partial charge in [-0.25, -0.2) is 0 Å². The van der Waals surface area contributed by atoms with Gasteiger partial charge in [0.15, 0.2) is 11.5 Å². The first-order valence-corrected chi connectivity index (χ1v) is 5.11. The van der Waals surface area contributed by atoms with Gasteiger partial charge in [-0.05, 0) is 24.1 Å². The summed E-state index contributed by atoms with van der Waals surface area (Å²) < 4.78 is 10.2. The molecular weight excluding hydrogens is 216 g/mol. The van der Waals surface area contributed by atoms with Crippen molar-refractivity contribution in [2.75, 3.05) is 14.2 Å². The fraction of sp³-hybridized carbons (Fsp3) is 0.455. The van der Waals surface area contributed by atoms with Crippen molar-refractivity contribution in [2.45, 2.75) is 19.4 Å². The Bertz CT molecular complexity index is 339. The zero-order valence-electron chi connectivity index (χ0n) is 9.08. The van der Waals surface area contributed by atoms with Crippen LogP contribution >= 0.6 is 11.6 Å². The maximum Gasteiger partial charge on any atom is 0.179 e. The summed E-state index contributed by atoms with van der Waals surface area (Å²) in [5.41, 5.74) is 0.736. The van der Waals surface area contributed by atoms with Crippen LogP contribution in [0.3, 0.4) is 0 Å². The van der Waals surface area contributed by atoms with Gasteiger partial charge in [0.25, 0.3) is 0 Å². The molecular formula is C11H15ClO3. The lowest BCUT2D eigenvalue weighted by Crippen LogP contribution is -1.98. The van der Waals surface area contributed by atoms with Crippen LogP contribution in [0, 0.1) is 0 Å². The lowest BCUT2D eigenvalue weighted by molar-refractivity contribution is 0.173. The molecule has 0 amide bonds. The summed E-state index contributed by atoms with van der Waals surface area (Å²) in [5.74, 6) is 1.03. The van der Waals surface area contributed by atoms with E-state index >= 15 is 0 Å². The average molecular weight is 231 g/mol. The second kappa shape index (κ2) is 5.24. The van der Waals surface area contributed by atoms with Gasteiger partial charge in [0.2, 0.25) is 0 Å². The first kappa shape index (κ1) is 12.1. The number of benzene rings is 1. The normalized spacial score (nSPS) is 12.3. The minimum atomic E-state index is -0.526. The fourth-order valence-corrected chi connectivity index (χ4v) is 1.66. The number of ether oxygens (including phenoxy) is 2. The van der Waals surface area contributed by atoms with Crippen LogP contribution < -0.4 is 9.47 Å². The van der Waals surface area contributed by atoms with Crippen LogP contribution in [0.1, 0.15) is 25.0 Å². The summed E-state index contributed by atoms with van der Waals surface area (Å²) in [4.78, 5) is 0. The molecule has 0 aliphatic heterocycles. The molecule has 0 aliphatic carbocycles. The average Bonchev–Trinajstić information content (AvgIpc) is 2.26. The van der Waals surface area contributed by atoms with E-state index in [1.54, 1.807) is 12.1 Å². The molecule has 0 radical (unpaired) electrons. The summed E-state index contributed by atoms with van der Waals surface area (Å²) in [6, 6.07) is 3.43. The van der Waals surface area contributed by atoms with Crippen molar-refractivity contribution in [1.29, 1.82) is 0 Å². The van der Waals surface area contributed by atoms with Gasteiger partial charge >= 0.3 is 0 Å². The van der Waals surface area contributed by atoms with Crippen molar-refractivity contribution >= 4 is 11.6 Å². The molecule has 0 bridgehead atoms. The molecule has 0 aromatic heterocycles. The second-order valence-corrected chi connectivity index (χ2v) is 3.57. The number of aliphatic hydroxyl groups is 1. The highest BCUT2D eigenvalue weighted by atomic mass is 35.5. The van der Waals surface area contributed by atoms with Crippen LogP contribution in [0.25, 0.3) is 0 Å². The van der Waals surface area contributed by atoms with Crippen LogP contribution in [0.5, 0.6) is 11.5 Å². The highest BCUT2D eigenvalue weighted by molar-refractivity contribution is 6.32. The third-order valence-electron chi connectivity index (χ3n) is 2.23. The SMILES string of the molecule is CCC(O)c1cc(Cl)c(OC)c(OC)c1. The Morgan fingerprint density at radius 3 is 2.47 bits per heavy atom. The largest absolute Gasteiger partial charge is 0.493 e. The molecule has 0 heterocycles. The Balaban J connectivity index is 3.19. The zero-order chi connectivity index (χ0) is 11.4. The molecule has 1 atom stereocenters. The minimum absolute atomic E-state index is 0.444. The van der Waals surface area contributed by atoms with Crippen molar-refractivity contribution in [3.63, 3.8) is 0 Å². The third kappa shape index (κ3) is 2.55. The fourth-order valence-electron chi connectivity index (χ4n) is 1.37. The summed E-state index contributed by atoms with van der Waals surface area (Å²) in [5, 5.41) is 10.1. The summed E-state index contributed by atoms with van der Waals surface area (Å²) in [7, 11) is 3.07. The number of halogens is 1. The zero-order valence-corrected chi connectivity index (χ0v) is 9.84. The van der Waals surface area contributed by atoms with Gasteiger partial charge in [-0.2, -0.15) is 0 Å². The summed E-state index contributed by atoms with van der Waals surface area (Å²) >= 11 is 6.00. The van der Waals surface area contributed by atoms with Crippen molar-refractivity contribution in [1.82, 2.24) is 0 Å². The molecule has 0 spiro atoms. The lowest BCUT2D eigenvalue weighted by atomic mass is 10.1. The van der Waals surface area contributed by atoms with E-state index in [0.717, 1.165) is 5.56 Å². The molecule has 0 saturated carbocycles. The van der Waals surface area contributed by atoms with Crippen LogP contribution in [0.15, 0.2) is 12.1 Å². The second-order valence-electron chi connectivity index (χ2n) is 3.16. The highest BCUT2D eigenvalue weighted by Crippen LogP contribution is 2.37. The van der Waals surface area contributed by atoms with Gasteiger partial charge in [-0.15, -0.1) is 0 Å².